The number of nitrogens with zero attached hydrogens (tertiary/aromatic N) is 1. The highest BCUT2D eigenvalue weighted by Gasteiger charge is 2.16. The van der Waals surface area contributed by atoms with Crippen molar-refractivity contribution in [1.29, 1.82) is 0 Å². The van der Waals surface area contributed by atoms with Crippen molar-refractivity contribution in [3.63, 3.8) is 0 Å². The molecule has 0 aromatic heterocycles. The van der Waals surface area contributed by atoms with E-state index < -0.39 is 0 Å². The van der Waals surface area contributed by atoms with Crippen LogP contribution in [0.3, 0.4) is 0 Å². The number of piperidine rings is 1. The second kappa shape index (κ2) is 8.50. The van der Waals surface area contributed by atoms with Crippen molar-refractivity contribution in [1.82, 2.24) is 15.5 Å². The van der Waals surface area contributed by atoms with E-state index in [1.807, 2.05) is 0 Å². The molecule has 20 heavy (non-hydrogen) atoms. The van der Waals surface area contributed by atoms with Gasteiger partial charge < -0.3 is 15.5 Å². The summed E-state index contributed by atoms with van der Waals surface area (Å²) in [4.78, 5) is 14.3. The average molecular weight is 281 g/mol. The number of amides is 2. The maximum atomic E-state index is 11.8. The van der Waals surface area contributed by atoms with Gasteiger partial charge in [0, 0.05) is 19.1 Å². The molecule has 1 aliphatic carbocycles. The molecule has 2 fully saturated rings. The second-order valence-corrected chi connectivity index (χ2v) is 6.60. The summed E-state index contributed by atoms with van der Waals surface area (Å²) >= 11 is 0. The van der Waals surface area contributed by atoms with Gasteiger partial charge >= 0.3 is 6.03 Å². The first-order valence-electron chi connectivity index (χ1n) is 8.51. The fourth-order valence-corrected chi connectivity index (χ4v) is 3.54. The Labute approximate surface area is 123 Å². The lowest BCUT2D eigenvalue weighted by Gasteiger charge is -2.29. The van der Waals surface area contributed by atoms with E-state index >= 15 is 0 Å². The summed E-state index contributed by atoms with van der Waals surface area (Å²) in [7, 11) is 0. The number of hydrogen-bond acceptors (Lipinski definition) is 2. The fourth-order valence-electron chi connectivity index (χ4n) is 3.54. The average Bonchev–Trinajstić information content (AvgIpc) is 2.93. The number of rotatable bonds is 6. The van der Waals surface area contributed by atoms with Gasteiger partial charge in [-0.15, -0.1) is 0 Å². The topological polar surface area (TPSA) is 44.4 Å². The van der Waals surface area contributed by atoms with Crippen LogP contribution in [0.2, 0.25) is 0 Å². The first-order chi connectivity index (χ1) is 9.74. The Morgan fingerprint density at radius 1 is 1.15 bits per heavy atom. The molecule has 0 radical (unpaired) electrons. The van der Waals surface area contributed by atoms with Gasteiger partial charge in [0.1, 0.15) is 0 Å². The summed E-state index contributed by atoms with van der Waals surface area (Å²) in [5.41, 5.74) is 0. The van der Waals surface area contributed by atoms with E-state index in [0.29, 0.717) is 0 Å². The van der Waals surface area contributed by atoms with Crippen molar-refractivity contribution in [2.75, 3.05) is 26.2 Å². The predicted molar refractivity (Wildman–Crippen MR) is 82.9 cm³/mol. The highest BCUT2D eigenvalue weighted by molar-refractivity contribution is 5.74. The number of hydrogen-bond donors (Lipinski definition) is 2. The number of carbonyl (C=O) groups is 1. The summed E-state index contributed by atoms with van der Waals surface area (Å²) in [6.07, 6.45) is 10.6. The maximum absolute atomic E-state index is 11.8. The van der Waals surface area contributed by atoms with Crippen molar-refractivity contribution in [3.05, 3.63) is 0 Å². The summed E-state index contributed by atoms with van der Waals surface area (Å²) in [5.74, 6) is 0.848. The molecule has 1 saturated heterocycles. The van der Waals surface area contributed by atoms with E-state index in [-0.39, 0.29) is 12.1 Å². The van der Waals surface area contributed by atoms with Crippen LogP contribution in [-0.4, -0.2) is 43.2 Å². The zero-order chi connectivity index (χ0) is 14.2. The molecule has 116 valence electrons. The zero-order valence-electron chi connectivity index (χ0n) is 13.0. The van der Waals surface area contributed by atoms with Crippen LogP contribution >= 0.6 is 0 Å². The number of nitrogens with one attached hydrogen (secondary N) is 2. The quantitative estimate of drug-likeness (QED) is 0.786. The van der Waals surface area contributed by atoms with Crippen LogP contribution in [0.5, 0.6) is 0 Å². The molecule has 0 aromatic carbocycles. The molecule has 1 heterocycles. The van der Waals surface area contributed by atoms with Gasteiger partial charge in [-0.1, -0.05) is 32.1 Å². The minimum Gasteiger partial charge on any atom is -0.338 e. The molecule has 0 bridgehead atoms. The number of urea groups is 1. The normalized spacial score (nSPS) is 22.6. The third kappa shape index (κ3) is 5.70. The van der Waals surface area contributed by atoms with Crippen LogP contribution < -0.4 is 10.6 Å². The summed E-state index contributed by atoms with van der Waals surface area (Å²) in [6.45, 7) is 6.29. The molecule has 1 unspecified atom stereocenters. The Kier molecular flexibility index (Phi) is 6.64. The third-order valence-electron chi connectivity index (χ3n) is 4.67. The molecule has 4 heteroatoms. The molecule has 2 aliphatic rings. The zero-order valence-corrected chi connectivity index (χ0v) is 13.0. The van der Waals surface area contributed by atoms with E-state index in [9.17, 15) is 4.79 Å². The Bertz CT molecular complexity index is 283. The van der Waals surface area contributed by atoms with Gasteiger partial charge in [-0.05, 0) is 45.2 Å². The molecule has 2 amide bonds. The van der Waals surface area contributed by atoms with Gasteiger partial charge in [-0.25, -0.2) is 4.79 Å². The van der Waals surface area contributed by atoms with E-state index in [1.54, 1.807) is 0 Å². The second-order valence-electron chi connectivity index (χ2n) is 6.60. The van der Waals surface area contributed by atoms with Crippen LogP contribution in [0, 0.1) is 5.92 Å². The maximum Gasteiger partial charge on any atom is 0.315 e. The third-order valence-corrected chi connectivity index (χ3v) is 4.67. The van der Waals surface area contributed by atoms with Crippen molar-refractivity contribution >= 4 is 6.03 Å². The van der Waals surface area contributed by atoms with Crippen molar-refractivity contribution < 1.29 is 4.79 Å². The van der Waals surface area contributed by atoms with E-state index in [2.05, 4.69) is 22.5 Å². The molecule has 2 N–H and O–H groups in total. The summed E-state index contributed by atoms with van der Waals surface area (Å²) < 4.78 is 0. The van der Waals surface area contributed by atoms with Crippen molar-refractivity contribution in [2.24, 2.45) is 5.92 Å². The van der Waals surface area contributed by atoms with Crippen molar-refractivity contribution in [3.8, 4) is 0 Å². The molecule has 2 rings (SSSR count). The van der Waals surface area contributed by atoms with Crippen molar-refractivity contribution in [2.45, 2.75) is 64.3 Å². The molecular weight excluding hydrogens is 250 g/mol. The predicted octanol–water partition coefficient (Wildman–Crippen LogP) is 2.74. The molecule has 1 atom stereocenters. The molecule has 0 spiro atoms. The van der Waals surface area contributed by atoms with Crippen LogP contribution in [-0.2, 0) is 0 Å². The summed E-state index contributed by atoms with van der Waals surface area (Å²) in [5, 5.41) is 6.07. The largest absolute Gasteiger partial charge is 0.338 e. The molecule has 1 aliphatic heterocycles. The monoisotopic (exact) mass is 281 g/mol. The molecular formula is C16H31N3O. The Balaban J connectivity index is 1.53. The van der Waals surface area contributed by atoms with E-state index in [1.165, 1.54) is 58.0 Å². The van der Waals surface area contributed by atoms with Gasteiger partial charge in [0.25, 0.3) is 0 Å². The van der Waals surface area contributed by atoms with Crippen LogP contribution in [0.4, 0.5) is 4.79 Å². The first-order valence-corrected chi connectivity index (χ1v) is 8.51. The van der Waals surface area contributed by atoms with Gasteiger partial charge in [0.2, 0.25) is 0 Å². The number of likely N-dealkylation sites (tertiary alicyclic amines) is 1. The highest BCUT2D eigenvalue weighted by Crippen LogP contribution is 2.26. The lowest BCUT2D eigenvalue weighted by Crippen LogP contribution is -2.47. The van der Waals surface area contributed by atoms with Gasteiger partial charge in [-0.3, -0.25) is 0 Å². The van der Waals surface area contributed by atoms with Gasteiger partial charge in [-0.2, -0.15) is 0 Å². The Morgan fingerprint density at radius 3 is 2.55 bits per heavy atom. The Hall–Kier alpha value is -0.770. The first kappa shape index (κ1) is 15.6. The SMILES string of the molecule is CC(CN1CCCCC1)NC(=O)NCCC1CCCC1. The standard InChI is InChI=1S/C16H31N3O/c1-14(13-19-11-5-2-6-12-19)18-16(20)17-10-9-15-7-3-4-8-15/h14-15H,2-13H2,1H3,(H2,17,18,20). The van der Waals surface area contributed by atoms with Crippen LogP contribution in [0.25, 0.3) is 0 Å². The Morgan fingerprint density at radius 2 is 1.85 bits per heavy atom. The lowest BCUT2D eigenvalue weighted by molar-refractivity contribution is 0.203. The van der Waals surface area contributed by atoms with Gasteiger partial charge in [0.05, 0.1) is 0 Å². The van der Waals surface area contributed by atoms with Crippen LogP contribution in [0.1, 0.15) is 58.3 Å². The summed E-state index contributed by atoms with van der Waals surface area (Å²) in [6, 6.07) is 0.243. The van der Waals surface area contributed by atoms with Crippen LogP contribution in [0.15, 0.2) is 0 Å². The minimum atomic E-state index is 0.00695. The van der Waals surface area contributed by atoms with Gasteiger partial charge in [0.15, 0.2) is 0 Å². The smallest absolute Gasteiger partial charge is 0.315 e. The van der Waals surface area contributed by atoms with E-state index in [4.69, 9.17) is 0 Å². The molecule has 1 saturated carbocycles. The minimum absolute atomic E-state index is 0.00695. The highest BCUT2D eigenvalue weighted by atomic mass is 16.2. The molecule has 4 nitrogen and oxygen atoms in total. The van der Waals surface area contributed by atoms with E-state index in [0.717, 1.165) is 25.4 Å². The lowest BCUT2D eigenvalue weighted by atomic mass is 10.0. The molecule has 0 aromatic rings. The fraction of sp³-hybridized carbons (Fsp3) is 0.938. The number of carbonyl (C=O) groups excluding carboxylic acids is 1.